The van der Waals surface area contributed by atoms with Crippen LogP contribution in [0.15, 0.2) is 206 Å². The second kappa shape index (κ2) is 17.9. The van der Waals surface area contributed by atoms with Crippen LogP contribution in [-0.4, -0.2) is 17.4 Å². The molecular formula is C52H49OSi2. The first kappa shape index (κ1) is 36.6. The second-order valence-corrected chi connectivity index (χ2v) is 20.5. The molecule has 0 atom stereocenters. The van der Waals surface area contributed by atoms with Crippen LogP contribution in [0.4, 0.5) is 0 Å². The lowest BCUT2D eigenvalue weighted by molar-refractivity contribution is 0.566. The van der Waals surface area contributed by atoms with Gasteiger partial charge in [0.25, 0.3) is 8.32 Å². The van der Waals surface area contributed by atoms with Gasteiger partial charge < -0.3 is 4.12 Å². The standard InChI is InChI=1S/C52H49OSi2/c1(2-16-38-52(50-39-22-26-42-24-17-19-36-48(42)50)51-40-23-27-43-25-18-20-37-49(43)51)3-21-41-54(44-28-8-4-9-29-44)53-55(45-30-10-5-11-31-45,46-32-12-6-13-33-46)47-34-14-7-15-35-47/h4-15,17-20,22-37,39-40,52H,1-3,16,21,38,41H2. The maximum absolute atomic E-state index is 7.85. The minimum absolute atomic E-state index is 0.352. The Morgan fingerprint density at radius 1 is 0.382 bits per heavy atom. The van der Waals surface area contributed by atoms with E-state index in [9.17, 15) is 0 Å². The highest BCUT2D eigenvalue weighted by Gasteiger charge is 2.44. The molecule has 55 heavy (non-hydrogen) atoms. The molecule has 0 aliphatic carbocycles. The van der Waals surface area contributed by atoms with Gasteiger partial charge in [-0.3, -0.25) is 0 Å². The summed E-state index contributed by atoms with van der Waals surface area (Å²) in [6, 6.07) is 76.9. The first-order chi connectivity index (χ1) is 27.3. The summed E-state index contributed by atoms with van der Waals surface area (Å²) in [4.78, 5) is 0. The molecule has 0 aromatic heterocycles. The Morgan fingerprint density at radius 2 is 0.782 bits per heavy atom. The molecule has 271 valence electrons. The summed E-state index contributed by atoms with van der Waals surface area (Å²) < 4.78 is 7.85. The number of rotatable bonds is 16. The Balaban J connectivity index is 1.00. The van der Waals surface area contributed by atoms with Gasteiger partial charge in [-0.05, 0) is 65.9 Å². The van der Waals surface area contributed by atoms with Crippen molar-refractivity contribution >= 4 is 59.6 Å². The molecule has 0 aliphatic rings. The number of benzene rings is 8. The van der Waals surface area contributed by atoms with Crippen LogP contribution in [0, 0.1) is 0 Å². The van der Waals surface area contributed by atoms with Gasteiger partial charge in [0, 0.05) is 5.92 Å². The average Bonchev–Trinajstić information content (AvgIpc) is 3.27. The summed E-state index contributed by atoms with van der Waals surface area (Å²) in [5.41, 5.74) is 2.90. The van der Waals surface area contributed by atoms with Gasteiger partial charge in [-0.25, -0.2) is 0 Å². The van der Waals surface area contributed by atoms with Crippen molar-refractivity contribution in [1.29, 1.82) is 0 Å². The lowest BCUT2D eigenvalue weighted by atomic mass is 9.82. The van der Waals surface area contributed by atoms with E-state index in [1.54, 1.807) is 0 Å². The fraction of sp³-hybridized carbons (Fsp3) is 0.154. The van der Waals surface area contributed by atoms with E-state index in [0.717, 1.165) is 12.5 Å². The van der Waals surface area contributed by atoms with Gasteiger partial charge in [-0.2, -0.15) is 0 Å². The van der Waals surface area contributed by atoms with E-state index >= 15 is 0 Å². The zero-order valence-electron chi connectivity index (χ0n) is 31.6. The van der Waals surface area contributed by atoms with Gasteiger partial charge in [0.15, 0.2) is 0 Å². The number of hydrogen-bond acceptors (Lipinski definition) is 1. The summed E-state index contributed by atoms with van der Waals surface area (Å²) in [6.45, 7) is 0. The fourth-order valence-corrected chi connectivity index (χ4v) is 16.7. The summed E-state index contributed by atoms with van der Waals surface area (Å²) in [5.74, 6) is 0.352. The summed E-state index contributed by atoms with van der Waals surface area (Å²) in [6.07, 6.45) is 7.20. The smallest absolute Gasteiger partial charge is 0.278 e. The Bertz CT molecular complexity index is 2210. The quantitative estimate of drug-likeness (QED) is 0.0544. The van der Waals surface area contributed by atoms with Crippen molar-refractivity contribution in [2.24, 2.45) is 0 Å². The van der Waals surface area contributed by atoms with Crippen molar-refractivity contribution in [3.05, 3.63) is 217 Å². The molecule has 0 unspecified atom stereocenters. The van der Waals surface area contributed by atoms with Gasteiger partial charge in [0.2, 0.25) is 9.04 Å². The first-order valence-electron chi connectivity index (χ1n) is 20.0. The number of hydrogen-bond donors (Lipinski definition) is 0. The third-order valence-electron chi connectivity index (χ3n) is 11.2. The van der Waals surface area contributed by atoms with Crippen molar-refractivity contribution in [3.8, 4) is 0 Å². The van der Waals surface area contributed by atoms with Crippen LogP contribution in [0.25, 0.3) is 21.5 Å². The van der Waals surface area contributed by atoms with E-state index in [1.165, 1.54) is 85.5 Å². The molecule has 0 saturated carbocycles. The average molecular weight is 746 g/mol. The van der Waals surface area contributed by atoms with Crippen molar-refractivity contribution in [3.63, 3.8) is 0 Å². The number of unbranched alkanes of at least 4 members (excludes halogenated alkanes) is 4. The normalized spacial score (nSPS) is 11.8. The van der Waals surface area contributed by atoms with E-state index in [2.05, 4.69) is 206 Å². The zero-order chi connectivity index (χ0) is 37.1. The van der Waals surface area contributed by atoms with E-state index in [4.69, 9.17) is 4.12 Å². The number of fused-ring (bicyclic) bond motifs is 2. The van der Waals surface area contributed by atoms with Crippen LogP contribution in [-0.2, 0) is 4.12 Å². The van der Waals surface area contributed by atoms with Crippen LogP contribution in [0.3, 0.4) is 0 Å². The molecule has 0 aliphatic heterocycles. The van der Waals surface area contributed by atoms with Crippen LogP contribution in [0.1, 0.15) is 55.6 Å². The predicted molar refractivity (Wildman–Crippen MR) is 239 cm³/mol. The maximum atomic E-state index is 7.85. The molecule has 8 aromatic carbocycles. The Labute approximate surface area is 330 Å². The Hall–Kier alpha value is -5.33. The van der Waals surface area contributed by atoms with Crippen molar-refractivity contribution in [1.82, 2.24) is 0 Å². The monoisotopic (exact) mass is 745 g/mol. The van der Waals surface area contributed by atoms with Gasteiger partial charge in [-0.15, -0.1) is 0 Å². The summed E-state index contributed by atoms with van der Waals surface area (Å²) in [7, 11) is -4.20. The van der Waals surface area contributed by atoms with Crippen LogP contribution in [0.2, 0.25) is 6.04 Å². The molecular weight excluding hydrogens is 697 g/mol. The largest absolute Gasteiger partial charge is 0.442 e. The highest BCUT2D eigenvalue weighted by molar-refractivity contribution is 7.10. The van der Waals surface area contributed by atoms with Gasteiger partial charge in [-0.1, -0.05) is 238 Å². The Kier molecular flexibility index (Phi) is 11.9. The topological polar surface area (TPSA) is 9.23 Å². The molecule has 0 amide bonds. The SMILES string of the molecule is c1ccc([Si](CCCCCCCC(c2cccc3ccccc23)c2cccc3ccccc23)O[Si](c2ccccc2)(c2ccccc2)c2ccccc2)cc1. The molecule has 3 heteroatoms. The van der Waals surface area contributed by atoms with Gasteiger partial charge in [0.1, 0.15) is 0 Å². The molecule has 0 bridgehead atoms. The third-order valence-corrected chi connectivity index (χ3v) is 18.6. The van der Waals surface area contributed by atoms with Gasteiger partial charge in [0.05, 0.1) is 0 Å². The first-order valence-corrected chi connectivity index (χ1v) is 23.6. The third kappa shape index (κ3) is 8.21. The molecule has 0 heterocycles. The minimum Gasteiger partial charge on any atom is -0.442 e. The minimum atomic E-state index is -2.82. The van der Waals surface area contributed by atoms with Crippen LogP contribution >= 0.6 is 0 Å². The van der Waals surface area contributed by atoms with Gasteiger partial charge >= 0.3 is 0 Å². The molecule has 0 saturated heterocycles. The van der Waals surface area contributed by atoms with Crippen molar-refractivity contribution < 1.29 is 4.12 Å². The lowest BCUT2D eigenvalue weighted by Gasteiger charge is -2.36. The van der Waals surface area contributed by atoms with E-state index < -0.39 is 17.4 Å². The Morgan fingerprint density at radius 3 is 1.29 bits per heavy atom. The van der Waals surface area contributed by atoms with Crippen LogP contribution in [0.5, 0.6) is 0 Å². The van der Waals surface area contributed by atoms with Crippen molar-refractivity contribution in [2.45, 2.75) is 50.5 Å². The van der Waals surface area contributed by atoms with E-state index in [0.29, 0.717) is 5.92 Å². The molecule has 0 fully saturated rings. The zero-order valence-corrected chi connectivity index (χ0v) is 33.6. The molecule has 8 aromatic rings. The molecule has 0 spiro atoms. The predicted octanol–water partition coefficient (Wildman–Crippen LogP) is 11.0. The van der Waals surface area contributed by atoms with E-state index in [1.807, 2.05) is 0 Å². The van der Waals surface area contributed by atoms with Crippen LogP contribution < -0.4 is 20.7 Å². The lowest BCUT2D eigenvalue weighted by Crippen LogP contribution is -2.71. The fourth-order valence-electron chi connectivity index (χ4n) is 8.51. The molecule has 1 radical (unpaired) electrons. The van der Waals surface area contributed by atoms with Crippen molar-refractivity contribution in [2.75, 3.05) is 0 Å². The molecule has 1 nitrogen and oxygen atoms in total. The molecule has 0 N–H and O–H groups in total. The molecule has 8 rings (SSSR count). The van der Waals surface area contributed by atoms with E-state index in [-0.39, 0.29) is 0 Å². The maximum Gasteiger partial charge on any atom is 0.278 e. The highest BCUT2D eigenvalue weighted by Crippen LogP contribution is 2.38. The highest BCUT2D eigenvalue weighted by atomic mass is 28.4. The summed E-state index contributed by atoms with van der Waals surface area (Å²) >= 11 is 0. The second-order valence-electron chi connectivity index (χ2n) is 14.7. The summed E-state index contributed by atoms with van der Waals surface area (Å²) in [5, 5.41) is 10.7.